The van der Waals surface area contributed by atoms with Crippen molar-refractivity contribution in [2.45, 2.75) is 59.1 Å². The van der Waals surface area contributed by atoms with Gasteiger partial charge in [0.2, 0.25) is 11.8 Å². The second-order valence-electron chi connectivity index (χ2n) is 10.7. The maximum atomic E-state index is 14.2. The van der Waals surface area contributed by atoms with E-state index in [1.807, 2.05) is 50.7 Å². The minimum Gasteiger partial charge on any atom is -0.391 e. The Hall–Kier alpha value is -3.30. The van der Waals surface area contributed by atoms with E-state index in [4.69, 9.17) is 0 Å². The molecule has 40 heavy (non-hydrogen) atoms. The largest absolute Gasteiger partial charge is 0.391 e. The Morgan fingerprint density at radius 2 is 1.77 bits per heavy atom. The normalized spacial score (nSPS) is 18.5. The number of aryl methyl sites for hydroxylation is 1. The predicted octanol–water partition coefficient (Wildman–Crippen LogP) is 3.93. The van der Waals surface area contributed by atoms with Gasteiger partial charge in [-0.3, -0.25) is 9.59 Å². The van der Waals surface area contributed by atoms with Gasteiger partial charge in [-0.1, -0.05) is 31.6 Å². The SMILES string of the molecule is CCCNC(=O)C1=CC(C)=CC(C(=O)NCCC)([C@H](Cc2cc(F)cc(F)c2)[C@@H](O)CNCc2cccn2C)C1. The monoisotopic (exact) mass is 556 g/mol. The molecule has 0 bridgehead atoms. The summed E-state index contributed by atoms with van der Waals surface area (Å²) in [5.74, 6) is -2.86. The molecule has 1 aromatic carbocycles. The number of nitrogens with zero attached hydrogens (tertiary/aromatic N) is 1. The number of aliphatic hydroxyl groups is 1. The number of amides is 2. The molecule has 7 nitrogen and oxygen atoms in total. The minimum atomic E-state index is -1.33. The first-order valence-corrected chi connectivity index (χ1v) is 14.0. The lowest BCUT2D eigenvalue weighted by Crippen LogP contribution is -2.53. The molecule has 1 heterocycles. The number of halogens is 2. The van der Waals surface area contributed by atoms with Crippen LogP contribution in [0, 0.1) is 23.0 Å². The van der Waals surface area contributed by atoms with Gasteiger partial charge in [0, 0.05) is 62.7 Å². The predicted molar refractivity (Wildman–Crippen MR) is 152 cm³/mol. The molecule has 1 unspecified atom stereocenters. The van der Waals surface area contributed by atoms with Crippen LogP contribution in [0.3, 0.4) is 0 Å². The van der Waals surface area contributed by atoms with Crippen molar-refractivity contribution in [3.63, 3.8) is 0 Å². The zero-order valence-corrected chi connectivity index (χ0v) is 23.9. The van der Waals surface area contributed by atoms with Gasteiger partial charge in [0.15, 0.2) is 0 Å². The van der Waals surface area contributed by atoms with Crippen LogP contribution in [0.5, 0.6) is 0 Å². The van der Waals surface area contributed by atoms with E-state index in [-0.39, 0.29) is 31.2 Å². The van der Waals surface area contributed by atoms with Crippen LogP contribution in [0.2, 0.25) is 0 Å². The Morgan fingerprint density at radius 3 is 2.40 bits per heavy atom. The number of nitrogens with one attached hydrogen (secondary N) is 3. The molecule has 0 saturated heterocycles. The molecule has 3 atom stereocenters. The molecule has 0 aliphatic heterocycles. The zero-order chi connectivity index (χ0) is 29.3. The first-order valence-electron chi connectivity index (χ1n) is 14.0. The van der Waals surface area contributed by atoms with Crippen molar-refractivity contribution in [1.29, 1.82) is 0 Å². The van der Waals surface area contributed by atoms with Crippen LogP contribution in [0.15, 0.2) is 59.8 Å². The number of carbonyl (C=O) groups is 2. The van der Waals surface area contributed by atoms with Crippen molar-refractivity contribution in [3.05, 3.63) is 82.7 Å². The van der Waals surface area contributed by atoms with Gasteiger partial charge in [-0.25, -0.2) is 8.78 Å². The van der Waals surface area contributed by atoms with E-state index in [1.165, 1.54) is 12.1 Å². The van der Waals surface area contributed by atoms with Crippen molar-refractivity contribution >= 4 is 11.8 Å². The fourth-order valence-corrected chi connectivity index (χ4v) is 5.41. The van der Waals surface area contributed by atoms with Gasteiger partial charge in [0.05, 0.1) is 11.5 Å². The summed E-state index contributed by atoms with van der Waals surface area (Å²) in [7, 11) is 1.93. The number of allylic oxidation sites excluding steroid dienone is 2. The van der Waals surface area contributed by atoms with Crippen molar-refractivity contribution < 1.29 is 23.5 Å². The maximum Gasteiger partial charge on any atom is 0.247 e. The smallest absolute Gasteiger partial charge is 0.247 e. The molecule has 3 rings (SSSR count). The van der Waals surface area contributed by atoms with Gasteiger partial charge in [-0.2, -0.15) is 0 Å². The molecule has 2 aromatic rings. The summed E-state index contributed by atoms with van der Waals surface area (Å²) in [4.78, 5) is 27.1. The van der Waals surface area contributed by atoms with Gasteiger partial charge in [-0.15, -0.1) is 0 Å². The lowest BCUT2D eigenvalue weighted by atomic mass is 9.63. The Morgan fingerprint density at radius 1 is 1.10 bits per heavy atom. The molecular weight excluding hydrogens is 514 g/mol. The topological polar surface area (TPSA) is 95.4 Å². The standard InChI is InChI=1S/C31H42F2N4O3/c1-5-9-35-29(39)23-12-21(3)17-31(18-23,30(40)36-10-6-2)27(15-22-13-24(32)16-25(33)14-22)28(38)20-34-19-26-8-7-11-37(26)4/h7-8,11-14,16-17,27-28,34,38H,5-6,9-10,15,18-20H2,1-4H3,(H,35,39)(H,36,40)/t27-,28+,31?/m1/s1. The summed E-state index contributed by atoms with van der Waals surface area (Å²) in [5, 5.41) is 20.8. The number of aliphatic hydroxyl groups excluding tert-OH is 1. The summed E-state index contributed by atoms with van der Waals surface area (Å²) in [6.45, 7) is 7.22. The molecule has 1 aliphatic carbocycles. The lowest BCUT2D eigenvalue weighted by Gasteiger charge is -2.42. The van der Waals surface area contributed by atoms with Crippen molar-refractivity contribution in [2.24, 2.45) is 18.4 Å². The molecule has 218 valence electrons. The highest BCUT2D eigenvalue weighted by Crippen LogP contribution is 2.44. The van der Waals surface area contributed by atoms with Crippen LogP contribution in [0.1, 0.15) is 51.3 Å². The van der Waals surface area contributed by atoms with Crippen LogP contribution < -0.4 is 16.0 Å². The summed E-state index contributed by atoms with van der Waals surface area (Å²) in [5.41, 5.74) is 1.14. The van der Waals surface area contributed by atoms with E-state index < -0.39 is 29.1 Å². The van der Waals surface area contributed by atoms with E-state index in [0.717, 1.165) is 18.2 Å². The van der Waals surface area contributed by atoms with E-state index in [1.54, 1.807) is 12.2 Å². The van der Waals surface area contributed by atoms with Gasteiger partial charge >= 0.3 is 0 Å². The third-order valence-electron chi connectivity index (χ3n) is 7.37. The average molecular weight is 557 g/mol. The van der Waals surface area contributed by atoms with Crippen LogP contribution in [0.25, 0.3) is 0 Å². The van der Waals surface area contributed by atoms with Gasteiger partial charge in [-0.05, 0) is 62.4 Å². The van der Waals surface area contributed by atoms with E-state index >= 15 is 0 Å². The Bertz CT molecular complexity index is 1220. The molecule has 0 radical (unpaired) electrons. The molecule has 0 saturated carbocycles. The van der Waals surface area contributed by atoms with Crippen LogP contribution in [0.4, 0.5) is 8.78 Å². The molecule has 9 heteroatoms. The summed E-state index contributed by atoms with van der Waals surface area (Å²) in [6, 6.07) is 7.13. The van der Waals surface area contributed by atoms with Crippen LogP contribution in [-0.4, -0.2) is 47.2 Å². The third kappa shape index (κ3) is 7.88. The Labute approximate surface area is 235 Å². The number of hydrogen-bond donors (Lipinski definition) is 4. The molecule has 2 amide bonds. The number of rotatable bonds is 14. The summed E-state index contributed by atoms with van der Waals surface area (Å²) < 4.78 is 30.4. The summed E-state index contributed by atoms with van der Waals surface area (Å²) in [6.07, 6.45) is 5.93. The molecule has 4 N–H and O–H groups in total. The molecule has 1 aliphatic rings. The first kappa shape index (κ1) is 31.2. The second-order valence-corrected chi connectivity index (χ2v) is 10.7. The van der Waals surface area contributed by atoms with Crippen molar-refractivity contribution in [1.82, 2.24) is 20.5 Å². The van der Waals surface area contributed by atoms with E-state index in [9.17, 15) is 23.5 Å². The highest BCUT2D eigenvalue weighted by Gasteiger charge is 2.49. The van der Waals surface area contributed by atoms with Gasteiger partial charge in [0.25, 0.3) is 0 Å². The number of aromatic nitrogens is 1. The number of carbonyl (C=O) groups excluding carboxylic acids is 2. The first-order chi connectivity index (χ1) is 19.1. The summed E-state index contributed by atoms with van der Waals surface area (Å²) >= 11 is 0. The van der Waals surface area contributed by atoms with E-state index in [0.29, 0.717) is 42.8 Å². The molecule has 0 fully saturated rings. The Balaban J connectivity index is 2.03. The zero-order valence-electron chi connectivity index (χ0n) is 23.9. The van der Waals surface area contributed by atoms with Crippen molar-refractivity contribution in [3.8, 4) is 0 Å². The van der Waals surface area contributed by atoms with Crippen LogP contribution >= 0.6 is 0 Å². The van der Waals surface area contributed by atoms with E-state index in [2.05, 4.69) is 16.0 Å². The third-order valence-corrected chi connectivity index (χ3v) is 7.37. The fraction of sp³-hybridized carbons (Fsp3) is 0.484. The lowest BCUT2D eigenvalue weighted by molar-refractivity contribution is -0.134. The van der Waals surface area contributed by atoms with Gasteiger partial charge in [0.1, 0.15) is 11.6 Å². The van der Waals surface area contributed by atoms with Crippen LogP contribution in [-0.2, 0) is 29.6 Å². The van der Waals surface area contributed by atoms with Crippen molar-refractivity contribution in [2.75, 3.05) is 19.6 Å². The maximum absolute atomic E-state index is 14.2. The average Bonchev–Trinajstić information content (AvgIpc) is 3.32. The minimum absolute atomic E-state index is 0.0227. The fourth-order valence-electron chi connectivity index (χ4n) is 5.41. The van der Waals surface area contributed by atoms with Gasteiger partial charge < -0.3 is 25.6 Å². The highest BCUT2D eigenvalue weighted by atomic mass is 19.1. The number of hydrogen-bond acceptors (Lipinski definition) is 4. The quantitative estimate of drug-likeness (QED) is 0.284. The molecule has 0 spiro atoms. The highest BCUT2D eigenvalue weighted by molar-refractivity contribution is 5.97. The molecule has 1 aromatic heterocycles. The Kier molecular flexibility index (Phi) is 11.2. The molecular formula is C31H42F2N4O3. The number of benzene rings is 1. The second kappa shape index (κ2) is 14.4.